The predicted octanol–water partition coefficient (Wildman–Crippen LogP) is 4.13. The van der Waals surface area contributed by atoms with E-state index in [-0.39, 0.29) is 29.6 Å². The number of nitrogens with zero attached hydrogens (tertiary/aromatic N) is 2. The molecule has 1 heterocycles. The molecule has 0 aromatic heterocycles. The maximum Gasteiger partial charge on any atom is 0.411 e. The van der Waals surface area contributed by atoms with Crippen LogP contribution in [0.3, 0.4) is 0 Å². The second-order valence-corrected chi connectivity index (χ2v) is 8.70. The van der Waals surface area contributed by atoms with E-state index in [4.69, 9.17) is 9.84 Å². The molecule has 0 radical (unpaired) electrons. The summed E-state index contributed by atoms with van der Waals surface area (Å²) in [6, 6.07) is 9.71. The van der Waals surface area contributed by atoms with Gasteiger partial charge in [0.25, 0.3) is 5.91 Å². The molecule has 2 aromatic carbocycles. The molecule has 0 spiro atoms. The van der Waals surface area contributed by atoms with Crippen LogP contribution < -0.4 is 4.90 Å². The van der Waals surface area contributed by atoms with E-state index < -0.39 is 36.2 Å². The van der Waals surface area contributed by atoms with Crippen LogP contribution in [0.2, 0.25) is 0 Å². The number of carboxylic acid groups (broad SMARTS) is 1. The van der Waals surface area contributed by atoms with Gasteiger partial charge in [0.15, 0.2) is 18.2 Å². The number of anilines is 1. The molecule has 2 aromatic rings. The van der Waals surface area contributed by atoms with Gasteiger partial charge in [-0.2, -0.15) is 0 Å². The van der Waals surface area contributed by atoms with Crippen LogP contribution in [0.1, 0.15) is 47.6 Å². The zero-order valence-electron chi connectivity index (χ0n) is 17.6. The molecule has 0 bridgehead atoms. The number of hydrogen-bond acceptors (Lipinski definition) is 4. The van der Waals surface area contributed by atoms with E-state index in [1.165, 1.54) is 6.07 Å². The lowest BCUT2D eigenvalue weighted by Crippen LogP contribution is -2.59. The van der Waals surface area contributed by atoms with Crippen molar-refractivity contribution in [2.24, 2.45) is 5.92 Å². The highest BCUT2D eigenvalue weighted by molar-refractivity contribution is 6.07. The number of rotatable bonds is 5. The molecule has 5 rings (SSSR count). The number of hydrogen-bond donors (Lipinski definition) is 1. The van der Waals surface area contributed by atoms with Crippen molar-refractivity contribution in [2.45, 2.75) is 43.8 Å². The fourth-order valence-electron chi connectivity index (χ4n) is 4.99. The van der Waals surface area contributed by atoms with Crippen LogP contribution in [-0.2, 0) is 9.53 Å². The van der Waals surface area contributed by atoms with Gasteiger partial charge >= 0.3 is 12.1 Å². The molecule has 172 valence electrons. The number of para-hydroxylation sites is 1. The van der Waals surface area contributed by atoms with Crippen molar-refractivity contribution < 1.29 is 33.0 Å². The Bertz CT molecular complexity index is 1140. The summed E-state index contributed by atoms with van der Waals surface area (Å²) < 4.78 is 32.3. The van der Waals surface area contributed by atoms with Gasteiger partial charge in [0.2, 0.25) is 0 Å². The van der Waals surface area contributed by atoms with Crippen LogP contribution in [0, 0.1) is 17.6 Å². The lowest BCUT2D eigenvalue weighted by atomic mass is 9.68. The molecule has 0 unspecified atom stereocenters. The normalized spacial score (nSPS) is 23.1. The first-order valence-electron chi connectivity index (χ1n) is 10.9. The zero-order chi connectivity index (χ0) is 23.3. The van der Waals surface area contributed by atoms with Crippen molar-refractivity contribution >= 4 is 23.7 Å². The van der Waals surface area contributed by atoms with Gasteiger partial charge in [-0.3, -0.25) is 9.69 Å². The van der Waals surface area contributed by atoms with E-state index in [2.05, 4.69) is 0 Å². The highest BCUT2D eigenvalue weighted by Gasteiger charge is 2.54. The number of fused-ring (bicyclic) bond motifs is 2. The van der Waals surface area contributed by atoms with Crippen LogP contribution >= 0.6 is 0 Å². The van der Waals surface area contributed by atoms with Gasteiger partial charge in [-0.25, -0.2) is 18.4 Å². The average molecular weight is 456 g/mol. The maximum absolute atomic E-state index is 13.8. The summed E-state index contributed by atoms with van der Waals surface area (Å²) in [5.74, 6) is -3.84. The number of halogens is 2. The Balaban J connectivity index is 1.53. The Morgan fingerprint density at radius 2 is 1.79 bits per heavy atom. The minimum absolute atomic E-state index is 0.0425. The van der Waals surface area contributed by atoms with Crippen LogP contribution in [0.4, 0.5) is 19.3 Å². The summed E-state index contributed by atoms with van der Waals surface area (Å²) >= 11 is 0. The average Bonchev–Trinajstić information content (AvgIpc) is 3.60. The fraction of sp³-hybridized carbons (Fsp3) is 0.375. The molecule has 1 aliphatic heterocycles. The summed E-state index contributed by atoms with van der Waals surface area (Å²) in [6.45, 7) is -0.717. The highest BCUT2D eigenvalue weighted by atomic mass is 19.2. The van der Waals surface area contributed by atoms with Gasteiger partial charge in [0, 0.05) is 29.3 Å². The summed E-state index contributed by atoms with van der Waals surface area (Å²) in [5.41, 5.74) is 1.41. The summed E-state index contributed by atoms with van der Waals surface area (Å²) in [5, 5.41) is 8.92. The van der Waals surface area contributed by atoms with Crippen LogP contribution in [0.25, 0.3) is 0 Å². The standard InChI is InChI=1S/C24H22F2N2O5/c25-17-9-5-13(11-18(17)26)23(31)28-19-4-2-1-3-15(19)22(16-8-10-20(16)28)27(14-6-7-14)24(32)33-12-21(29)30/h1-5,9,11,14,16,20,22H,6-8,10,12H2,(H,29,30)/t16-,20+,22+/m1/s1. The van der Waals surface area contributed by atoms with Gasteiger partial charge in [0.1, 0.15) is 0 Å². The number of aliphatic carboxylic acids is 1. The van der Waals surface area contributed by atoms with Gasteiger partial charge in [-0.1, -0.05) is 18.2 Å². The molecule has 2 fully saturated rings. The Kier molecular flexibility index (Phi) is 5.26. The number of benzene rings is 2. The molecule has 2 saturated carbocycles. The smallest absolute Gasteiger partial charge is 0.411 e. The van der Waals surface area contributed by atoms with Gasteiger partial charge in [-0.15, -0.1) is 0 Å². The molecule has 2 amide bonds. The number of carboxylic acids is 1. The quantitative estimate of drug-likeness (QED) is 0.731. The third-order valence-corrected chi connectivity index (χ3v) is 6.70. The Morgan fingerprint density at radius 3 is 2.42 bits per heavy atom. The summed E-state index contributed by atoms with van der Waals surface area (Å²) in [7, 11) is 0. The van der Waals surface area contributed by atoms with Crippen molar-refractivity contribution in [2.75, 3.05) is 11.5 Å². The number of carbonyl (C=O) groups is 3. The van der Waals surface area contributed by atoms with Crippen molar-refractivity contribution in [1.82, 2.24) is 4.90 Å². The fourth-order valence-corrected chi connectivity index (χ4v) is 4.99. The van der Waals surface area contributed by atoms with E-state index in [9.17, 15) is 23.2 Å². The van der Waals surface area contributed by atoms with E-state index >= 15 is 0 Å². The zero-order valence-corrected chi connectivity index (χ0v) is 17.6. The van der Waals surface area contributed by atoms with Crippen LogP contribution in [0.5, 0.6) is 0 Å². The van der Waals surface area contributed by atoms with E-state index in [0.717, 1.165) is 37.0 Å². The molecule has 7 nitrogen and oxygen atoms in total. The Morgan fingerprint density at radius 1 is 1.03 bits per heavy atom. The summed E-state index contributed by atoms with van der Waals surface area (Å²) in [4.78, 5) is 40.5. The number of ether oxygens (including phenoxy) is 1. The first-order chi connectivity index (χ1) is 15.9. The third kappa shape index (κ3) is 3.71. The topological polar surface area (TPSA) is 87.2 Å². The molecule has 0 saturated heterocycles. The van der Waals surface area contributed by atoms with Crippen LogP contribution in [-0.4, -0.2) is 46.7 Å². The largest absolute Gasteiger partial charge is 0.479 e. The van der Waals surface area contributed by atoms with Crippen molar-refractivity contribution in [3.8, 4) is 0 Å². The summed E-state index contributed by atoms with van der Waals surface area (Å²) in [6.07, 6.45) is 2.39. The molecule has 33 heavy (non-hydrogen) atoms. The number of amides is 2. The first kappa shape index (κ1) is 21.4. The molecule has 1 N–H and O–H groups in total. The van der Waals surface area contributed by atoms with Crippen molar-refractivity contribution in [1.29, 1.82) is 0 Å². The second kappa shape index (κ2) is 8.13. The van der Waals surface area contributed by atoms with E-state index in [1.807, 2.05) is 12.1 Å². The lowest BCUT2D eigenvalue weighted by molar-refractivity contribution is -0.140. The molecule has 9 heteroatoms. The molecule has 3 aliphatic rings. The van der Waals surface area contributed by atoms with E-state index in [0.29, 0.717) is 12.1 Å². The molecule has 2 aliphatic carbocycles. The van der Waals surface area contributed by atoms with Gasteiger partial charge in [-0.05, 0) is 55.5 Å². The molecule has 3 atom stereocenters. The Hall–Kier alpha value is -3.49. The van der Waals surface area contributed by atoms with E-state index in [1.54, 1.807) is 21.9 Å². The van der Waals surface area contributed by atoms with Gasteiger partial charge in [0.05, 0.1) is 6.04 Å². The minimum atomic E-state index is -1.23. The highest BCUT2D eigenvalue weighted by Crippen LogP contribution is 2.54. The number of carbonyl (C=O) groups excluding carboxylic acids is 2. The Labute approximate surface area is 188 Å². The SMILES string of the molecule is O=C(O)COC(=O)N(C1CC1)[C@H]1c2ccccc2N(C(=O)c2ccc(F)c(F)c2)[C@H]2CC[C@H]21. The third-order valence-electron chi connectivity index (χ3n) is 6.70. The molecular weight excluding hydrogens is 434 g/mol. The van der Waals surface area contributed by atoms with Crippen molar-refractivity contribution in [3.05, 3.63) is 65.2 Å². The second-order valence-electron chi connectivity index (χ2n) is 8.70. The lowest BCUT2D eigenvalue weighted by Gasteiger charge is -2.55. The van der Waals surface area contributed by atoms with Gasteiger partial charge < -0.3 is 14.7 Å². The van der Waals surface area contributed by atoms with Crippen molar-refractivity contribution in [3.63, 3.8) is 0 Å². The maximum atomic E-state index is 13.8. The van der Waals surface area contributed by atoms with Crippen LogP contribution in [0.15, 0.2) is 42.5 Å². The first-order valence-corrected chi connectivity index (χ1v) is 10.9. The monoisotopic (exact) mass is 456 g/mol. The predicted molar refractivity (Wildman–Crippen MR) is 113 cm³/mol. The minimum Gasteiger partial charge on any atom is -0.479 e. The molecular formula is C24H22F2N2O5.